The third-order valence-corrected chi connectivity index (χ3v) is 35.8. The number of thiazole rings is 1. The van der Waals surface area contributed by atoms with Crippen molar-refractivity contribution in [3.63, 3.8) is 0 Å². The summed E-state index contributed by atoms with van der Waals surface area (Å²) in [6.07, 6.45) is 16.8. The van der Waals surface area contributed by atoms with Crippen molar-refractivity contribution < 1.29 is 0 Å². The van der Waals surface area contributed by atoms with E-state index in [-0.39, 0.29) is 19.0 Å². The van der Waals surface area contributed by atoms with Gasteiger partial charge in [-0.25, -0.2) is 54.8 Å². The molecule has 0 bridgehead atoms. The molecule has 128 heavy (non-hydrogen) atoms. The minimum Gasteiger partial charge on any atom is -0.352 e. The Kier molecular flexibility index (Phi) is 29.2. The van der Waals surface area contributed by atoms with Crippen LogP contribution in [0.1, 0.15) is 147 Å². The molecule has 20 heterocycles. The molecule has 0 amide bonds. The molecule has 5 saturated heterocycles. The van der Waals surface area contributed by atoms with Crippen LogP contribution in [0.25, 0.3) is 61.5 Å². The summed E-state index contributed by atoms with van der Waals surface area (Å²) < 4.78 is 0.968. The van der Waals surface area contributed by atoms with Crippen LogP contribution in [0.2, 0.25) is 0 Å². The number of aliphatic imine (C=N–C) groups is 4. The Balaban J connectivity index is 0.000000113. The van der Waals surface area contributed by atoms with Gasteiger partial charge in [-0.2, -0.15) is 0 Å². The Morgan fingerprint density at radius 1 is 0.359 bits per heavy atom. The average molecular weight is 1910 g/mol. The normalized spacial score (nSPS) is 19.4. The van der Waals surface area contributed by atoms with Crippen molar-refractivity contribution in [1.29, 1.82) is 0 Å². The topological polar surface area (TPSA) is 224 Å². The molecule has 0 spiro atoms. The molecule has 25 nitrogen and oxygen atoms in total. The molecule has 1 unspecified atom stereocenters. The third kappa shape index (κ3) is 21.9. The number of hydrogen-bond donors (Lipinski definition) is 0. The number of aryl methyl sites for hydroxylation is 4. The van der Waals surface area contributed by atoms with Crippen molar-refractivity contribution in [2.45, 2.75) is 167 Å². The molecule has 1 atom stereocenters. The monoisotopic (exact) mass is 1910 g/mol. The molecule has 0 N–H and O–H groups in total. The zero-order chi connectivity index (χ0) is 88.9. The number of unbranched alkanes of at least 4 members (excludes halogenated alkanes) is 1. The molecule has 0 radical (unpaired) electrons. The van der Waals surface area contributed by atoms with Gasteiger partial charge in [0.15, 0.2) is 25.8 Å². The number of piperazine rings is 5. The number of benzene rings is 1. The van der Waals surface area contributed by atoms with Gasteiger partial charge in [0.05, 0.1) is 53.1 Å². The van der Waals surface area contributed by atoms with Crippen LogP contribution >= 0.6 is 115 Å². The molecular formula is C93H121N25S10. The highest BCUT2D eigenvalue weighted by Crippen LogP contribution is 2.44. The fraction of sp³-hybridized carbons (Fsp3) is 0.538. The van der Waals surface area contributed by atoms with E-state index in [1.54, 1.807) is 59.3 Å². The molecule has 5 fully saturated rings. The van der Waals surface area contributed by atoms with Gasteiger partial charge in [0.1, 0.15) is 84.4 Å². The van der Waals surface area contributed by atoms with E-state index in [9.17, 15) is 0 Å². The maximum Gasteiger partial charge on any atom is 0.185 e. The second-order valence-corrected chi connectivity index (χ2v) is 49.3. The van der Waals surface area contributed by atoms with Crippen LogP contribution in [0.5, 0.6) is 0 Å². The molecule has 0 aliphatic carbocycles. The van der Waals surface area contributed by atoms with E-state index < -0.39 is 0 Å². The smallest absolute Gasteiger partial charge is 0.185 e. The molecule has 11 aromatic heterocycles. The zero-order valence-electron chi connectivity index (χ0n) is 76.5. The molecular weight excluding hydrogens is 1790 g/mol. The zero-order valence-corrected chi connectivity index (χ0v) is 84.7. The highest BCUT2D eigenvalue weighted by atomic mass is 32.2. The maximum atomic E-state index is 4.81. The van der Waals surface area contributed by atoms with E-state index in [0.29, 0.717) is 5.92 Å². The number of thioether (sulfide) groups is 4. The SMILES string of the molecule is CC1(C)CN=C(N2CCN(c3ncnc4sc(-c5ccccc5)cc34)CC2)S1.CCC(C)c1cc2c(N3CCN(C4=NCC(C)(C)S4)CC3)ncnc2s1.CCCCc1cc2c(N3CCN(C4=NCC(C)(C)S4)CC3)ncnc2s1.CCCc1cc2c(N3CCN(C4=NCC(C)(C)S4)CC3)nc(C)nc2s1.CCc1cc2c(N3CCN(c4nccs4)CC3)ncnc2s1. The molecule has 12 aromatic rings. The predicted octanol–water partition coefficient (Wildman–Crippen LogP) is 19.6. The standard InChI is InChI=1S/C21H23N5S2.3C19H27N5S2.C15H17N5S2/c1-21(2)13-22-20(28-21)26-10-8-25(9-11-26)18-16-12-17(15-6-4-3-5-7-15)27-19(16)24-14-23-18;1-5-13(2)15-10-14-16(21-12-22-17(14)25-15)23-6-8-24(9-7-23)18-20-11-19(3,4)26-18;1-5-6-14-11-15-16(21-13(2)22-17(15)25-14)23-7-9-24(10-8-23)18-20-12-19(3,4)26-18;1-4-5-6-14-11-15-16(21-13-22-17(15)25-14)23-7-9-24(10-8-23)18-20-12-19(2,3)26-18;1-2-11-9-12-13(17-10-18-14(12)22-11)19-4-6-20(7-5-19)15-16-3-8-21-15/h3-7,12,14H,8-11,13H2,1-2H3;10,12-13H,5-9,11H2,1-4H3;11H,5-10,12H2,1-4H3;11,13H,4-10,12H2,1-3H3;3,8-10H,2,4-7H2,1H3. The van der Waals surface area contributed by atoms with E-state index in [4.69, 9.17) is 25.0 Å². The molecule has 35 heteroatoms. The number of rotatable bonds is 15. The molecule has 1 aromatic carbocycles. The van der Waals surface area contributed by atoms with Crippen molar-refractivity contribution >= 4 is 221 Å². The van der Waals surface area contributed by atoms with Gasteiger partial charge in [0, 0.05) is 186 Å². The Bertz CT molecular complexity index is 5890. The van der Waals surface area contributed by atoms with Crippen LogP contribution in [0.4, 0.5) is 34.2 Å². The Hall–Kier alpha value is -7.87. The van der Waals surface area contributed by atoms with Gasteiger partial charge in [-0.05, 0) is 136 Å². The molecule has 9 aliphatic heterocycles. The second kappa shape index (κ2) is 40.7. The van der Waals surface area contributed by atoms with Crippen LogP contribution in [-0.4, -0.2) is 271 Å². The summed E-state index contributed by atoms with van der Waals surface area (Å²) >= 11 is 18.4. The fourth-order valence-corrected chi connectivity index (χ4v) is 27.1. The average Bonchev–Trinajstić information content (AvgIpc) is 1.55. The van der Waals surface area contributed by atoms with Crippen molar-refractivity contribution in [3.05, 3.63) is 123 Å². The first-order valence-corrected chi connectivity index (χ1v) is 53.8. The summed E-state index contributed by atoms with van der Waals surface area (Å²) in [6, 6.07) is 22.0. The largest absolute Gasteiger partial charge is 0.352 e. The number of nitrogens with zero attached hydrogens (tertiary/aromatic N) is 25. The number of thiophene rings is 5. The van der Waals surface area contributed by atoms with Gasteiger partial charge in [0.25, 0.3) is 0 Å². The minimum atomic E-state index is 0.232. The highest BCUT2D eigenvalue weighted by Gasteiger charge is 2.38. The van der Waals surface area contributed by atoms with E-state index in [1.165, 1.54) is 91.4 Å². The first kappa shape index (κ1) is 92.0. The van der Waals surface area contributed by atoms with Crippen LogP contribution in [0.3, 0.4) is 0 Å². The summed E-state index contributed by atoms with van der Waals surface area (Å²) in [5.74, 6) is 6.92. The Labute approximate surface area is 795 Å². The highest BCUT2D eigenvalue weighted by molar-refractivity contribution is 8.16. The van der Waals surface area contributed by atoms with Gasteiger partial charge < -0.3 is 49.0 Å². The van der Waals surface area contributed by atoms with E-state index in [2.05, 4.69) is 250 Å². The summed E-state index contributed by atoms with van der Waals surface area (Å²) in [4.78, 5) is 106. The third-order valence-electron chi connectivity index (χ3n) is 24.2. The summed E-state index contributed by atoms with van der Waals surface area (Å²) in [6.45, 7) is 54.9. The first-order valence-electron chi connectivity index (χ1n) is 45.5. The van der Waals surface area contributed by atoms with E-state index in [1.807, 2.05) is 99.6 Å². The summed E-state index contributed by atoms with van der Waals surface area (Å²) in [7, 11) is 0. The number of amidine groups is 4. The van der Waals surface area contributed by atoms with Crippen molar-refractivity contribution in [2.24, 2.45) is 20.0 Å². The Morgan fingerprint density at radius 2 is 0.727 bits per heavy atom. The predicted molar refractivity (Wildman–Crippen MR) is 556 cm³/mol. The van der Waals surface area contributed by atoms with Gasteiger partial charge >= 0.3 is 0 Å². The number of fused-ring (bicyclic) bond motifs is 5. The van der Waals surface area contributed by atoms with Crippen molar-refractivity contribution in [2.75, 3.05) is 186 Å². The fourth-order valence-electron chi connectivity index (χ4n) is 16.9. The van der Waals surface area contributed by atoms with Gasteiger partial charge in [-0.3, -0.25) is 20.0 Å². The summed E-state index contributed by atoms with van der Waals surface area (Å²) in [5.41, 5.74) is 1.24. The molecule has 0 saturated carbocycles. The van der Waals surface area contributed by atoms with Gasteiger partial charge in [-0.1, -0.05) is 125 Å². The second-order valence-electron chi connectivity index (χ2n) is 36.3. The number of aromatic nitrogens is 11. The lowest BCUT2D eigenvalue weighted by atomic mass is 10.1. The van der Waals surface area contributed by atoms with E-state index in [0.717, 1.165) is 252 Å². The lowest BCUT2D eigenvalue weighted by Gasteiger charge is -2.36. The van der Waals surface area contributed by atoms with Crippen LogP contribution < -0.4 is 29.4 Å². The lowest BCUT2D eigenvalue weighted by molar-refractivity contribution is 0.391. The van der Waals surface area contributed by atoms with Crippen LogP contribution in [0, 0.1) is 6.92 Å². The number of anilines is 6. The molecule has 678 valence electrons. The minimum absolute atomic E-state index is 0.232. The van der Waals surface area contributed by atoms with Crippen LogP contribution in [-0.2, 0) is 19.3 Å². The van der Waals surface area contributed by atoms with E-state index >= 15 is 0 Å². The van der Waals surface area contributed by atoms with Gasteiger partial charge in [0.2, 0.25) is 0 Å². The van der Waals surface area contributed by atoms with Crippen molar-refractivity contribution in [1.82, 2.24) is 74.4 Å². The number of hydrogen-bond acceptors (Lipinski definition) is 35. The summed E-state index contributed by atoms with van der Waals surface area (Å²) in [5, 5.41) is 14.1. The molecule has 9 aliphatic rings. The Morgan fingerprint density at radius 3 is 1.12 bits per heavy atom. The maximum absolute atomic E-state index is 4.81. The van der Waals surface area contributed by atoms with Crippen molar-refractivity contribution in [3.8, 4) is 10.4 Å². The van der Waals surface area contributed by atoms with Crippen LogP contribution in [0.15, 0.2) is 118 Å². The quantitative estimate of drug-likeness (QED) is 0.0930. The molecule has 21 rings (SSSR count). The lowest BCUT2D eigenvalue weighted by Crippen LogP contribution is -2.48. The first-order chi connectivity index (χ1) is 61.9. The van der Waals surface area contributed by atoms with Gasteiger partial charge in [-0.15, -0.1) is 68.0 Å².